The minimum Gasteiger partial charge on any atom is -0.394 e. The van der Waals surface area contributed by atoms with Crippen LogP contribution in [0.1, 0.15) is 19.9 Å². The lowest BCUT2D eigenvalue weighted by atomic mass is 10.4. The standard InChI is InChI=1S/C9H17N3O2S/c1-8(2)12-7-10-11-9(12)15-6-5-14-4-3-13/h7-8,13H,3-6H2,1-2H3. The van der Waals surface area contributed by atoms with Crippen molar-refractivity contribution in [2.75, 3.05) is 25.6 Å². The van der Waals surface area contributed by atoms with Crippen LogP contribution in [0.25, 0.3) is 0 Å². The third-order valence-corrected chi connectivity index (χ3v) is 2.71. The molecule has 0 fully saturated rings. The number of hydrogen-bond donors (Lipinski definition) is 1. The molecule has 15 heavy (non-hydrogen) atoms. The number of aromatic nitrogens is 3. The Bertz CT molecular complexity index is 278. The molecule has 0 amide bonds. The van der Waals surface area contributed by atoms with Crippen LogP contribution in [0.3, 0.4) is 0 Å². The number of rotatable bonds is 7. The minimum absolute atomic E-state index is 0.0762. The van der Waals surface area contributed by atoms with Crippen molar-refractivity contribution in [1.29, 1.82) is 0 Å². The molecular formula is C9H17N3O2S. The summed E-state index contributed by atoms with van der Waals surface area (Å²) in [5, 5.41) is 17.3. The maximum absolute atomic E-state index is 8.51. The van der Waals surface area contributed by atoms with Gasteiger partial charge in [0.15, 0.2) is 5.16 Å². The van der Waals surface area contributed by atoms with E-state index >= 15 is 0 Å². The predicted molar refractivity (Wildman–Crippen MR) is 59.0 cm³/mol. The molecule has 0 radical (unpaired) electrons. The Hall–Kier alpha value is -0.590. The highest BCUT2D eigenvalue weighted by atomic mass is 32.2. The summed E-state index contributed by atoms with van der Waals surface area (Å²) in [6.45, 7) is 5.28. The van der Waals surface area contributed by atoms with Crippen molar-refractivity contribution in [3.63, 3.8) is 0 Å². The number of ether oxygens (including phenoxy) is 1. The second-order valence-corrected chi connectivity index (χ2v) is 4.36. The van der Waals surface area contributed by atoms with Gasteiger partial charge in [-0.25, -0.2) is 0 Å². The Labute approximate surface area is 93.8 Å². The molecule has 0 aliphatic rings. The Morgan fingerprint density at radius 1 is 1.53 bits per heavy atom. The summed E-state index contributed by atoms with van der Waals surface area (Å²) < 4.78 is 7.18. The van der Waals surface area contributed by atoms with E-state index in [1.54, 1.807) is 18.1 Å². The summed E-state index contributed by atoms with van der Waals surface area (Å²) in [7, 11) is 0. The second-order valence-electron chi connectivity index (χ2n) is 3.30. The van der Waals surface area contributed by atoms with Crippen LogP contribution >= 0.6 is 11.8 Å². The van der Waals surface area contributed by atoms with E-state index < -0.39 is 0 Å². The van der Waals surface area contributed by atoms with E-state index in [1.807, 2.05) is 4.57 Å². The van der Waals surface area contributed by atoms with Crippen LogP contribution in [0.2, 0.25) is 0 Å². The molecule has 0 unspecified atom stereocenters. The van der Waals surface area contributed by atoms with E-state index in [9.17, 15) is 0 Å². The predicted octanol–water partition coefficient (Wildman–Crippen LogP) is 0.960. The first-order valence-electron chi connectivity index (χ1n) is 4.96. The van der Waals surface area contributed by atoms with Gasteiger partial charge in [0.25, 0.3) is 0 Å². The fourth-order valence-corrected chi connectivity index (χ4v) is 1.94. The summed E-state index contributed by atoms with van der Waals surface area (Å²) in [5.41, 5.74) is 0. The molecule has 1 heterocycles. The van der Waals surface area contributed by atoms with Gasteiger partial charge in [0.05, 0.1) is 19.8 Å². The Morgan fingerprint density at radius 2 is 2.33 bits per heavy atom. The third-order valence-electron chi connectivity index (χ3n) is 1.79. The number of aliphatic hydroxyl groups is 1. The van der Waals surface area contributed by atoms with Crippen LogP contribution in [0, 0.1) is 0 Å². The van der Waals surface area contributed by atoms with Crippen molar-refractivity contribution >= 4 is 11.8 Å². The van der Waals surface area contributed by atoms with Crippen molar-refractivity contribution in [1.82, 2.24) is 14.8 Å². The third kappa shape index (κ3) is 4.19. The quantitative estimate of drug-likeness (QED) is 0.559. The highest BCUT2D eigenvalue weighted by Gasteiger charge is 2.06. The van der Waals surface area contributed by atoms with Crippen molar-refractivity contribution in [2.24, 2.45) is 0 Å². The molecule has 0 bridgehead atoms. The van der Waals surface area contributed by atoms with Crippen LogP contribution in [0.4, 0.5) is 0 Å². The average molecular weight is 231 g/mol. The fourth-order valence-electron chi connectivity index (χ4n) is 1.05. The smallest absolute Gasteiger partial charge is 0.191 e. The van der Waals surface area contributed by atoms with Gasteiger partial charge in [-0.05, 0) is 13.8 Å². The summed E-state index contributed by atoms with van der Waals surface area (Å²) in [4.78, 5) is 0. The molecule has 0 saturated carbocycles. The van der Waals surface area contributed by atoms with E-state index in [2.05, 4.69) is 24.0 Å². The topological polar surface area (TPSA) is 60.2 Å². The van der Waals surface area contributed by atoms with Crippen molar-refractivity contribution < 1.29 is 9.84 Å². The van der Waals surface area contributed by atoms with Gasteiger partial charge in [0.1, 0.15) is 6.33 Å². The molecule has 1 N–H and O–H groups in total. The van der Waals surface area contributed by atoms with Gasteiger partial charge in [-0.3, -0.25) is 0 Å². The van der Waals surface area contributed by atoms with Gasteiger partial charge in [0.2, 0.25) is 0 Å². The van der Waals surface area contributed by atoms with Crippen molar-refractivity contribution in [2.45, 2.75) is 25.0 Å². The Kier molecular flexibility index (Phi) is 5.67. The average Bonchev–Trinajstić information content (AvgIpc) is 2.66. The van der Waals surface area contributed by atoms with E-state index in [4.69, 9.17) is 9.84 Å². The number of aliphatic hydroxyl groups excluding tert-OH is 1. The molecule has 0 aliphatic carbocycles. The first-order chi connectivity index (χ1) is 7.25. The van der Waals surface area contributed by atoms with E-state index in [-0.39, 0.29) is 6.61 Å². The first kappa shape index (κ1) is 12.5. The normalized spacial score (nSPS) is 11.2. The summed E-state index contributed by atoms with van der Waals surface area (Å²) in [5.74, 6) is 0.825. The zero-order valence-electron chi connectivity index (χ0n) is 9.09. The Balaban J connectivity index is 2.28. The van der Waals surface area contributed by atoms with Crippen molar-refractivity contribution in [3.8, 4) is 0 Å². The summed E-state index contributed by atoms with van der Waals surface area (Å²) >= 11 is 1.62. The molecular weight excluding hydrogens is 214 g/mol. The van der Waals surface area contributed by atoms with E-state index in [0.717, 1.165) is 10.9 Å². The second kappa shape index (κ2) is 6.81. The van der Waals surface area contributed by atoms with Gasteiger partial charge < -0.3 is 14.4 Å². The van der Waals surface area contributed by atoms with Crippen LogP contribution in [0.5, 0.6) is 0 Å². The molecule has 0 atom stereocenters. The van der Waals surface area contributed by atoms with Gasteiger partial charge in [0, 0.05) is 11.8 Å². The summed E-state index contributed by atoms with van der Waals surface area (Å²) in [6.07, 6.45) is 1.74. The molecule has 0 spiro atoms. The van der Waals surface area contributed by atoms with Crippen LogP contribution < -0.4 is 0 Å². The van der Waals surface area contributed by atoms with Crippen LogP contribution in [-0.4, -0.2) is 45.4 Å². The lowest BCUT2D eigenvalue weighted by molar-refractivity contribution is 0.103. The monoisotopic (exact) mass is 231 g/mol. The van der Waals surface area contributed by atoms with Crippen LogP contribution in [-0.2, 0) is 4.74 Å². The van der Waals surface area contributed by atoms with E-state index in [0.29, 0.717) is 19.3 Å². The van der Waals surface area contributed by atoms with Gasteiger partial charge in [-0.1, -0.05) is 11.8 Å². The van der Waals surface area contributed by atoms with Crippen LogP contribution in [0.15, 0.2) is 11.5 Å². The molecule has 0 saturated heterocycles. The zero-order chi connectivity index (χ0) is 11.1. The maximum Gasteiger partial charge on any atom is 0.191 e. The lowest BCUT2D eigenvalue weighted by Gasteiger charge is -2.09. The number of hydrogen-bond acceptors (Lipinski definition) is 5. The highest BCUT2D eigenvalue weighted by Crippen LogP contribution is 2.18. The molecule has 0 aromatic carbocycles. The SMILES string of the molecule is CC(C)n1cnnc1SCCOCCO. The number of nitrogens with zero attached hydrogens (tertiary/aromatic N) is 3. The molecule has 1 aromatic rings. The fraction of sp³-hybridized carbons (Fsp3) is 0.778. The molecule has 6 heteroatoms. The first-order valence-corrected chi connectivity index (χ1v) is 5.95. The molecule has 0 aliphatic heterocycles. The summed E-state index contributed by atoms with van der Waals surface area (Å²) in [6, 6.07) is 0.376. The minimum atomic E-state index is 0.0762. The van der Waals surface area contributed by atoms with Crippen molar-refractivity contribution in [3.05, 3.63) is 6.33 Å². The highest BCUT2D eigenvalue weighted by molar-refractivity contribution is 7.99. The number of thioether (sulfide) groups is 1. The largest absolute Gasteiger partial charge is 0.394 e. The van der Waals surface area contributed by atoms with E-state index in [1.165, 1.54) is 0 Å². The zero-order valence-corrected chi connectivity index (χ0v) is 9.90. The molecule has 1 aromatic heterocycles. The van der Waals surface area contributed by atoms with Gasteiger partial charge in [-0.15, -0.1) is 10.2 Å². The molecule has 5 nitrogen and oxygen atoms in total. The lowest BCUT2D eigenvalue weighted by Crippen LogP contribution is -2.05. The molecule has 86 valence electrons. The maximum atomic E-state index is 8.51. The molecule has 1 rings (SSSR count). The van der Waals surface area contributed by atoms with Gasteiger partial charge in [-0.2, -0.15) is 0 Å². The van der Waals surface area contributed by atoms with Gasteiger partial charge >= 0.3 is 0 Å². The Morgan fingerprint density at radius 3 is 3.00 bits per heavy atom.